The maximum atomic E-state index is 10.2. The van der Waals surface area contributed by atoms with Crippen LogP contribution in [0.15, 0.2) is 18.2 Å². The number of benzene rings is 1. The normalized spacial score (nSPS) is 13.6. The predicted molar refractivity (Wildman–Crippen MR) is 65.8 cm³/mol. The Labute approximate surface area is 101 Å². The first kappa shape index (κ1) is 13.3. The molecule has 0 amide bonds. The molecule has 0 spiro atoms. The molecule has 0 saturated carbocycles. The molecule has 1 aromatic rings. The minimum Gasteiger partial charge on any atom is -0.497 e. The molecule has 1 aromatic carbocycles. The molecule has 1 atom stereocenters. The molecule has 1 rings (SSSR count). The maximum absolute atomic E-state index is 10.2. The van der Waals surface area contributed by atoms with E-state index in [9.17, 15) is 5.11 Å². The fourth-order valence-corrected chi connectivity index (χ4v) is 1.66. The van der Waals surface area contributed by atoms with E-state index in [4.69, 9.17) is 22.1 Å². The van der Waals surface area contributed by atoms with Crippen LogP contribution in [0.5, 0.6) is 5.75 Å². The van der Waals surface area contributed by atoms with Gasteiger partial charge in [-0.05, 0) is 17.7 Å². The second-order valence-electron chi connectivity index (χ2n) is 4.48. The fraction of sp³-hybridized carbons (Fsp3) is 0.500. The van der Waals surface area contributed by atoms with E-state index in [2.05, 4.69) is 0 Å². The summed E-state index contributed by atoms with van der Waals surface area (Å²) in [6.45, 7) is 4.19. The van der Waals surface area contributed by atoms with Crippen molar-refractivity contribution >= 4 is 11.6 Å². The van der Waals surface area contributed by atoms with Gasteiger partial charge in [0.2, 0.25) is 0 Å². The number of hydrogen-bond acceptors (Lipinski definition) is 3. The van der Waals surface area contributed by atoms with Gasteiger partial charge in [-0.15, -0.1) is 0 Å². The summed E-state index contributed by atoms with van der Waals surface area (Å²) < 4.78 is 5.05. The van der Waals surface area contributed by atoms with Gasteiger partial charge < -0.3 is 15.6 Å². The van der Waals surface area contributed by atoms with E-state index in [0.717, 1.165) is 0 Å². The molecule has 0 fully saturated rings. The van der Waals surface area contributed by atoms with Crippen molar-refractivity contribution in [3.05, 3.63) is 28.8 Å². The van der Waals surface area contributed by atoms with Crippen molar-refractivity contribution in [2.24, 2.45) is 11.1 Å². The van der Waals surface area contributed by atoms with E-state index in [1.54, 1.807) is 25.3 Å². The largest absolute Gasteiger partial charge is 0.497 e. The van der Waals surface area contributed by atoms with E-state index in [1.807, 2.05) is 13.8 Å². The zero-order chi connectivity index (χ0) is 12.3. The number of aliphatic hydroxyl groups excluding tert-OH is 1. The maximum Gasteiger partial charge on any atom is 0.120 e. The standard InChI is InChI=1S/C12H18ClNO2/c1-12(2,7-14)11(15)9-5-4-8(16-3)6-10(9)13/h4-6,11,15H,7,14H2,1-3H3. The molecule has 4 heteroatoms. The van der Waals surface area contributed by atoms with Gasteiger partial charge in [0.25, 0.3) is 0 Å². The molecular weight excluding hydrogens is 226 g/mol. The van der Waals surface area contributed by atoms with Gasteiger partial charge >= 0.3 is 0 Å². The first-order valence-electron chi connectivity index (χ1n) is 5.14. The first-order chi connectivity index (χ1) is 7.42. The van der Waals surface area contributed by atoms with Crippen molar-refractivity contribution in [3.8, 4) is 5.75 Å². The van der Waals surface area contributed by atoms with Crippen molar-refractivity contribution in [1.82, 2.24) is 0 Å². The highest BCUT2D eigenvalue weighted by molar-refractivity contribution is 6.31. The first-order valence-corrected chi connectivity index (χ1v) is 5.51. The predicted octanol–water partition coefficient (Wildman–Crippen LogP) is 2.37. The molecular formula is C12H18ClNO2. The summed E-state index contributed by atoms with van der Waals surface area (Å²) in [7, 11) is 1.57. The smallest absolute Gasteiger partial charge is 0.120 e. The van der Waals surface area contributed by atoms with Gasteiger partial charge in [-0.1, -0.05) is 31.5 Å². The van der Waals surface area contributed by atoms with Gasteiger partial charge in [-0.3, -0.25) is 0 Å². The Morgan fingerprint density at radius 3 is 2.56 bits per heavy atom. The summed E-state index contributed by atoms with van der Waals surface area (Å²) in [5, 5.41) is 10.7. The molecule has 16 heavy (non-hydrogen) atoms. The Bertz CT molecular complexity index is 366. The quantitative estimate of drug-likeness (QED) is 0.854. The number of ether oxygens (including phenoxy) is 1. The topological polar surface area (TPSA) is 55.5 Å². The van der Waals surface area contributed by atoms with E-state index in [-0.39, 0.29) is 0 Å². The molecule has 0 saturated heterocycles. The molecule has 0 aromatic heterocycles. The number of aliphatic hydroxyl groups is 1. The number of rotatable bonds is 4. The third-order valence-electron chi connectivity index (χ3n) is 2.77. The average molecular weight is 244 g/mol. The van der Waals surface area contributed by atoms with Gasteiger partial charge in [0.1, 0.15) is 5.75 Å². The summed E-state index contributed by atoms with van der Waals surface area (Å²) in [4.78, 5) is 0. The number of hydrogen-bond donors (Lipinski definition) is 2. The summed E-state index contributed by atoms with van der Waals surface area (Å²) in [6.07, 6.45) is -0.684. The van der Waals surface area contributed by atoms with Crippen LogP contribution in [0.1, 0.15) is 25.5 Å². The van der Waals surface area contributed by atoms with E-state index >= 15 is 0 Å². The minimum absolute atomic E-state index is 0.385. The summed E-state index contributed by atoms with van der Waals surface area (Å²) in [5.41, 5.74) is 5.90. The summed E-state index contributed by atoms with van der Waals surface area (Å²) >= 11 is 6.09. The van der Waals surface area contributed by atoms with Crippen LogP contribution in [0.25, 0.3) is 0 Å². The van der Waals surface area contributed by atoms with Crippen LogP contribution in [0, 0.1) is 5.41 Å². The Morgan fingerprint density at radius 1 is 1.50 bits per heavy atom. The van der Waals surface area contributed by atoms with E-state index in [1.165, 1.54) is 0 Å². The molecule has 0 aliphatic heterocycles. The molecule has 1 unspecified atom stereocenters. The lowest BCUT2D eigenvalue weighted by atomic mass is 9.83. The highest BCUT2D eigenvalue weighted by atomic mass is 35.5. The number of methoxy groups -OCH3 is 1. The molecule has 0 aliphatic carbocycles. The SMILES string of the molecule is COc1ccc(C(O)C(C)(C)CN)c(Cl)c1. The van der Waals surface area contributed by atoms with E-state index < -0.39 is 11.5 Å². The average Bonchev–Trinajstić information content (AvgIpc) is 2.28. The zero-order valence-electron chi connectivity index (χ0n) is 9.83. The molecule has 3 nitrogen and oxygen atoms in total. The molecule has 0 radical (unpaired) electrons. The van der Waals surface area contributed by atoms with Crippen LogP contribution < -0.4 is 10.5 Å². The zero-order valence-corrected chi connectivity index (χ0v) is 10.6. The monoisotopic (exact) mass is 243 g/mol. The van der Waals surface area contributed by atoms with Gasteiger partial charge in [-0.2, -0.15) is 0 Å². The van der Waals surface area contributed by atoms with Crippen LogP contribution in [-0.2, 0) is 0 Å². The van der Waals surface area contributed by atoms with Gasteiger partial charge in [0, 0.05) is 12.0 Å². The third kappa shape index (κ3) is 2.67. The Kier molecular flexibility index (Phi) is 4.19. The number of nitrogens with two attached hydrogens (primary N) is 1. The van der Waals surface area contributed by atoms with Gasteiger partial charge in [0.15, 0.2) is 0 Å². The molecule has 90 valence electrons. The summed E-state index contributed by atoms with van der Waals surface area (Å²) in [6, 6.07) is 5.23. The Morgan fingerprint density at radius 2 is 2.12 bits per heavy atom. The Hall–Kier alpha value is -0.770. The number of halogens is 1. The van der Waals surface area contributed by atoms with Crippen LogP contribution in [-0.4, -0.2) is 18.8 Å². The van der Waals surface area contributed by atoms with Crippen LogP contribution in [0.2, 0.25) is 5.02 Å². The molecule has 3 N–H and O–H groups in total. The highest BCUT2D eigenvalue weighted by Crippen LogP contribution is 2.37. The molecule has 0 heterocycles. The third-order valence-corrected chi connectivity index (χ3v) is 3.10. The van der Waals surface area contributed by atoms with Crippen molar-refractivity contribution in [2.45, 2.75) is 20.0 Å². The van der Waals surface area contributed by atoms with Crippen LogP contribution >= 0.6 is 11.6 Å². The second kappa shape index (κ2) is 5.04. The lowest BCUT2D eigenvalue weighted by Crippen LogP contribution is -2.30. The lowest BCUT2D eigenvalue weighted by molar-refractivity contribution is 0.0555. The molecule has 0 aliphatic rings. The van der Waals surface area contributed by atoms with Crippen molar-refractivity contribution in [1.29, 1.82) is 0 Å². The van der Waals surface area contributed by atoms with Crippen LogP contribution in [0.3, 0.4) is 0 Å². The summed E-state index contributed by atoms with van der Waals surface area (Å²) in [5.74, 6) is 0.673. The van der Waals surface area contributed by atoms with Gasteiger partial charge in [0.05, 0.1) is 18.2 Å². The van der Waals surface area contributed by atoms with Gasteiger partial charge in [-0.25, -0.2) is 0 Å². The highest BCUT2D eigenvalue weighted by Gasteiger charge is 2.29. The Balaban J connectivity index is 3.05. The second-order valence-corrected chi connectivity index (χ2v) is 4.89. The fourth-order valence-electron chi connectivity index (χ4n) is 1.39. The van der Waals surface area contributed by atoms with E-state index in [0.29, 0.717) is 22.9 Å². The molecule has 0 bridgehead atoms. The lowest BCUT2D eigenvalue weighted by Gasteiger charge is -2.29. The van der Waals surface area contributed by atoms with Crippen molar-refractivity contribution in [3.63, 3.8) is 0 Å². The van der Waals surface area contributed by atoms with Crippen molar-refractivity contribution in [2.75, 3.05) is 13.7 Å². The minimum atomic E-state index is -0.684. The van der Waals surface area contributed by atoms with Crippen molar-refractivity contribution < 1.29 is 9.84 Å². The van der Waals surface area contributed by atoms with Crippen LogP contribution in [0.4, 0.5) is 0 Å².